The van der Waals surface area contributed by atoms with E-state index in [2.05, 4.69) is 15.3 Å². The van der Waals surface area contributed by atoms with Crippen LogP contribution < -0.4 is 11.2 Å². The highest BCUT2D eigenvalue weighted by molar-refractivity contribution is 6.65. The highest BCUT2D eigenvalue weighted by atomic mass is 16.5. The summed E-state index contributed by atoms with van der Waals surface area (Å²) >= 11 is 0. The maximum atomic E-state index is 11.9. The van der Waals surface area contributed by atoms with Gasteiger partial charge in [0.05, 0.1) is 18.0 Å². The molecule has 0 unspecified atom stereocenters. The third kappa shape index (κ3) is 6.08. The van der Waals surface area contributed by atoms with E-state index < -0.39 is 12.0 Å². The molecule has 0 atom stereocenters. The van der Waals surface area contributed by atoms with E-state index in [-0.39, 0.29) is 18.0 Å². The Bertz CT molecular complexity index is 650. The van der Waals surface area contributed by atoms with E-state index >= 15 is 0 Å². The van der Waals surface area contributed by atoms with Crippen molar-refractivity contribution in [2.24, 2.45) is 21.0 Å². The zero-order valence-electron chi connectivity index (χ0n) is 13.2. The number of esters is 1. The Balaban J connectivity index is 3.10. The second kappa shape index (κ2) is 9.08. The molecule has 3 N–H and O–H groups in total. The molecule has 1 rings (SSSR count). The van der Waals surface area contributed by atoms with Crippen LogP contribution in [0.3, 0.4) is 0 Å². The van der Waals surface area contributed by atoms with Crippen LogP contribution in [0, 0.1) is 0 Å². The molecule has 0 bridgehead atoms. The lowest BCUT2D eigenvalue weighted by molar-refractivity contribution is -0.134. The fourth-order valence-corrected chi connectivity index (χ4v) is 1.51. The number of hydrazone groups is 1. The Morgan fingerprint density at radius 1 is 1.17 bits per heavy atom. The van der Waals surface area contributed by atoms with E-state index in [0.717, 1.165) is 5.56 Å². The molecule has 1 aromatic carbocycles. The monoisotopic (exact) mass is 317 g/mol. The van der Waals surface area contributed by atoms with Crippen LogP contribution in [-0.2, 0) is 9.53 Å². The lowest BCUT2D eigenvalue weighted by atomic mass is 10.1. The molecule has 0 saturated carbocycles. The van der Waals surface area contributed by atoms with Crippen molar-refractivity contribution in [2.45, 2.75) is 20.8 Å². The van der Waals surface area contributed by atoms with E-state index in [1.54, 1.807) is 13.8 Å². The average molecular weight is 317 g/mol. The van der Waals surface area contributed by atoms with Crippen molar-refractivity contribution in [3.8, 4) is 0 Å². The Kier molecular flexibility index (Phi) is 7.12. The maximum Gasteiger partial charge on any atom is 0.360 e. The fourth-order valence-electron chi connectivity index (χ4n) is 1.51. The highest BCUT2D eigenvalue weighted by Crippen LogP contribution is 2.02. The zero-order valence-corrected chi connectivity index (χ0v) is 13.2. The van der Waals surface area contributed by atoms with Crippen molar-refractivity contribution in [1.29, 1.82) is 0 Å². The number of urea groups is 1. The number of carbonyl (C=O) groups excluding carboxylic acids is 2. The van der Waals surface area contributed by atoms with Crippen molar-refractivity contribution >= 4 is 29.1 Å². The normalized spacial score (nSPS) is 12.7. The van der Waals surface area contributed by atoms with E-state index in [1.807, 2.05) is 35.8 Å². The molecule has 2 amide bonds. The summed E-state index contributed by atoms with van der Waals surface area (Å²) in [5.74, 6) is -0.690. The van der Waals surface area contributed by atoms with Gasteiger partial charge >= 0.3 is 12.0 Å². The van der Waals surface area contributed by atoms with E-state index in [1.165, 1.54) is 6.92 Å². The standard InChI is InChI=1S/C15H19N5O3/c1-4-23-14(21)13(11(3)18-20-15(16)22)19-17-10(2)12-8-6-5-7-9-12/h5-9H,4H2,1-3H3,(H3,16,20,22)/b17-10+,18-11+,19-13-. The Morgan fingerprint density at radius 3 is 2.39 bits per heavy atom. The molecule has 23 heavy (non-hydrogen) atoms. The summed E-state index contributed by atoms with van der Waals surface area (Å²) in [5.41, 5.74) is 8.46. The molecule has 0 heterocycles. The Hall–Kier alpha value is -3.03. The van der Waals surface area contributed by atoms with Crippen LogP contribution in [0.1, 0.15) is 26.3 Å². The van der Waals surface area contributed by atoms with Crippen LogP contribution in [0.25, 0.3) is 0 Å². The molecule has 0 radical (unpaired) electrons. The molecular formula is C15H19N5O3. The van der Waals surface area contributed by atoms with Gasteiger partial charge in [0, 0.05) is 0 Å². The summed E-state index contributed by atoms with van der Waals surface area (Å²) in [4.78, 5) is 22.6. The van der Waals surface area contributed by atoms with Crippen LogP contribution >= 0.6 is 0 Å². The maximum absolute atomic E-state index is 11.9. The van der Waals surface area contributed by atoms with Gasteiger partial charge in [-0.25, -0.2) is 15.0 Å². The topological polar surface area (TPSA) is 118 Å². The number of ether oxygens (including phenoxy) is 1. The van der Waals surface area contributed by atoms with Crippen LogP contribution in [0.4, 0.5) is 4.79 Å². The molecule has 0 spiro atoms. The zero-order chi connectivity index (χ0) is 17.2. The summed E-state index contributed by atoms with van der Waals surface area (Å²) in [5, 5.41) is 11.6. The molecule has 8 nitrogen and oxygen atoms in total. The molecular weight excluding hydrogens is 298 g/mol. The highest BCUT2D eigenvalue weighted by Gasteiger charge is 2.17. The molecule has 0 fully saturated rings. The summed E-state index contributed by atoms with van der Waals surface area (Å²) in [6.45, 7) is 5.09. The van der Waals surface area contributed by atoms with Crippen LogP contribution in [0.15, 0.2) is 45.6 Å². The third-order valence-electron chi connectivity index (χ3n) is 2.64. The minimum atomic E-state index is -0.850. The first kappa shape index (κ1) is 18.0. The van der Waals surface area contributed by atoms with Gasteiger partial charge in [-0.05, 0) is 26.3 Å². The van der Waals surface area contributed by atoms with Crippen molar-refractivity contribution < 1.29 is 14.3 Å². The number of benzene rings is 1. The number of nitrogens with one attached hydrogen (secondary N) is 1. The molecule has 0 aliphatic heterocycles. The largest absolute Gasteiger partial charge is 0.461 e. The number of nitrogens with two attached hydrogens (primary N) is 1. The second-order valence-electron chi connectivity index (χ2n) is 4.39. The van der Waals surface area contributed by atoms with Crippen LogP contribution in [-0.4, -0.2) is 35.7 Å². The first-order chi connectivity index (χ1) is 11.0. The average Bonchev–Trinajstić information content (AvgIpc) is 2.54. The molecule has 0 saturated heterocycles. The molecule has 0 aliphatic carbocycles. The van der Waals surface area contributed by atoms with E-state index in [9.17, 15) is 9.59 Å². The molecule has 0 aromatic heterocycles. The molecule has 122 valence electrons. The van der Waals surface area contributed by atoms with Gasteiger partial charge in [0.1, 0.15) is 0 Å². The lowest BCUT2D eigenvalue weighted by Crippen LogP contribution is -2.30. The van der Waals surface area contributed by atoms with Crippen LogP contribution in [0.2, 0.25) is 0 Å². The molecule has 0 aliphatic rings. The number of hydrogen-bond donors (Lipinski definition) is 2. The number of rotatable bonds is 6. The number of primary amides is 1. The smallest absolute Gasteiger partial charge is 0.360 e. The first-order valence-electron chi connectivity index (χ1n) is 6.90. The Morgan fingerprint density at radius 2 is 1.83 bits per heavy atom. The van der Waals surface area contributed by atoms with E-state index in [4.69, 9.17) is 10.5 Å². The summed E-state index contributed by atoms with van der Waals surface area (Å²) in [6, 6.07) is 8.51. The second-order valence-corrected chi connectivity index (χ2v) is 4.39. The Labute approximate surface area is 134 Å². The van der Waals surface area contributed by atoms with Gasteiger partial charge in [-0.3, -0.25) is 0 Å². The van der Waals surface area contributed by atoms with Gasteiger partial charge in [-0.2, -0.15) is 10.2 Å². The van der Waals surface area contributed by atoms with Crippen molar-refractivity contribution in [3.05, 3.63) is 35.9 Å². The van der Waals surface area contributed by atoms with Gasteiger partial charge in [-0.1, -0.05) is 30.3 Å². The predicted molar refractivity (Wildman–Crippen MR) is 88.5 cm³/mol. The van der Waals surface area contributed by atoms with Crippen molar-refractivity contribution in [3.63, 3.8) is 0 Å². The third-order valence-corrected chi connectivity index (χ3v) is 2.64. The summed E-state index contributed by atoms with van der Waals surface area (Å²) in [6.07, 6.45) is 0. The fraction of sp³-hybridized carbons (Fsp3) is 0.267. The first-order valence-corrected chi connectivity index (χ1v) is 6.90. The minimum absolute atomic E-state index is 0.115. The van der Waals surface area contributed by atoms with Crippen molar-refractivity contribution in [2.75, 3.05) is 6.61 Å². The van der Waals surface area contributed by atoms with Crippen LogP contribution in [0.5, 0.6) is 0 Å². The van der Waals surface area contributed by atoms with Crippen molar-refractivity contribution in [1.82, 2.24) is 5.43 Å². The molecule has 8 heteroatoms. The number of carbonyl (C=O) groups is 2. The molecule has 1 aromatic rings. The summed E-state index contributed by atoms with van der Waals surface area (Å²) in [7, 11) is 0. The SMILES string of the molecule is CCOC(=O)C(=N\N=C(/C)c1ccccc1)/C(C)=N/NC(N)=O. The summed E-state index contributed by atoms with van der Waals surface area (Å²) < 4.78 is 4.91. The minimum Gasteiger partial charge on any atom is -0.461 e. The van der Waals surface area contributed by atoms with Gasteiger partial charge in [-0.15, -0.1) is 5.10 Å². The predicted octanol–water partition coefficient (Wildman–Crippen LogP) is 1.46. The van der Waals surface area contributed by atoms with Gasteiger partial charge in [0.2, 0.25) is 0 Å². The number of nitrogens with zero attached hydrogens (tertiary/aromatic N) is 3. The number of amides is 2. The van der Waals surface area contributed by atoms with Gasteiger partial charge < -0.3 is 10.5 Å². The van der Waals surface area contributed by atoms with Gasteiger partial charge in [0.25, 0.3) is 0 Å². The lowest BCUT2D eigenvalue weighted by Gasteiger charge is -2.04. The number of hydrogen-bond acceptors (Lipinski definition) is 6. The van der Waals surface area contributed by atoms with E-state index in [0.29, 0.717) is 5.71 Å². The quantitative estimate of drug-likeness (QED) is 0.469. The van der Waals surface area contributed by atoms with Gasteiger partial charge in [0.15, 0.2) is 5.71 Å².